The first kappa shape index (κ1) is 19.9. The molecule has 28 heavy (non-hydrogen) atoms. The third-order valence-corrected chi connectivity index (χ3v) is 7.25. The van der Waals surface area contributed by atoms with Crippen LogP contribution in [0.1, 0.15) is 56.4 Å². The Morgan fingerprint density at radius 3 is 2.29 bits per heavy atom. The number of carbonyl (C=O) groups is 1. The summed E-state index contributed by atoms with van der Waals surface area (Å²) in [5.41, 5.74) is 2.02. The molecule has 154 valence electrons. The molecule has 2 heterocycles. The Balaban J connectivity index is 1.38. The quantitative estimate of drug-likeness (QED) is 0.717. The number of carbonyl (C=O) groups excluding carboxylic acids is 1. The van der Waals surface area contributed by atoms with Crippen molar-refractivity contribution in [3.8, 4) is 0 Å². The van der Waals surface area contributed by atoms with E-state index in [1.54, 1.807) is 0 Å². The van der Waals surface area contributed by atoms with Gasteiger partial charge in [0.05, 0.1) is 17.8 Å². The molecule has 0 aromatic heterocycles. The van der Waals surface area contributed by atoms with Crippen LogP contribution < -0.4 is 4.90 Å². The van der Waals surface area contributed by atoms with Crippen LogP contribution in [0, 0.1) is 5.41 Å². The maximum Gasteiger partial charge on any atom is 0.264 e. The van der Waals surface area contributed by atoms with Crippen molar-refractivity contribution in [2.45, 2.75) is 57.0 Å². The molecule has 0 unspecified atom stereocenters. The molecule has 1 amide bonds. The van der Waals surface area contributed by atoms with E-state index < -0.39 is 10.1 Å². The number of nitrogens with zero attached hydrogens (tertiary/aromatic N) is 1. The summed E-state index contributed by atoms with van der Waals surface area (Å²) in [6, 6.07) is 8.37. The summed E-state index contributed by atoms with van der Waals surface area (Å²) < 4.78 is 33.2. The van der Waals surface area contributed by atoms with Crippen molar-refractivity contribution in [3.05, 3.63) is 29.8 Å². The third kappa shape index (κ3) is 4.11. The Morgan fingerprint density at radius 1 is 1.04 bits per heavy atom. The molecule has 0 bridgehead atoms. The van der Waals surface area contributed by atoms with Gasteiger partial charge in [-0.2, -0.15) is 8.42 Å². The van der Waals surface area contributed by atoms with Gasteiger partial charge in [-0.15, -0.1) is 0 Å². The highest BCUT2D eigenvalue weighted by atomic mass is 32.2. The van der Waals surface area contributed by atoms with E-state index in [4.69, 9.17) is 8.92 Å². The first-order valence-electron chi connectivity index (χ1n) is 10.2. The van der Waals surface area contributed by atoms with Crippen molar-refractivity contribution < 1.29 is 22.1 Å². The maximum absolute atomic E-state index is 13.0. The first-order valence-corrected chi connectivity index (χ1v) is 12.1. The maximum atomic E-state index is 13.0. The van der Waals surface area contributed by atoms with Crippen LogP contribution in [-0.2, 0) is 23.8 Å². The topological polar surface area (TPSA) is 72.9 Å². The van der Waals surface area contributed by atoms with Crippen LogP contribution in [0.5, 0.6) is 0 Å². The second-order valence-corrected chi connectivity index (χ2v) is 10.1. The van der Waals surface area contributed by atoms with Crippen LogP contribution in [0.2, 0.25) is 0 Å². The molecule has 3 aliphatic rings. The summed E-state index contributed by atoms with van der Waals surface area (Å²) in [6.07, 6.45) is 6.87. The minimum atomic E-state index is -3.38. The van der Waals surface area contributed by atoms with Gasteiger partial charge in [0.25, 0.3) is 10.1 Å². The smallest absolute Gasteiger partial charge is 0.264 e. The largest absolute Gasteiger partial charge is 0.381 e. The van der Waals surface area contributed by atoms with Crippen LogP contribution in [0.15, 0.2) is 24.3 Å². The SMILES string of the molecule is CS(=O)(=O)O[C@H]1CC[C@@H](c2ccc(N3CCC4(CCOCC4)C3=O)cc2)CC1. The summed E-state index contributed by atoms with van der Waals surface area (Å²) in [4.78, 5) is 15.0. The monoisotopic (exact) mass is 407 g/mol. The molecule has 1 aromatic rings. The van der Waals surface area contributed by atoms with Gasteiger partial charge in [0.1, 0.15) is 0 Å². The average Bonchev–Trinajstić information content (AvgIpc) is 2.98. The number of rotatable bonds is 4. The molecule has 2 aliphatic heterocycles. The van der Waals surface area contributed by atoms with Gasteiger partial charge in [0.2, 0.25) is 5.91 Å². The lowest BCUT2D eigenvalue weighted by Gasteiger charge is -2.31. The van der Waals surface area contributed by atoms with Crippen molar-refractivity contribution >= 4 is 21.7 Å². The fourth-order valence-corrected chi connectivity index (χ4v) is 5.65. The molecule has 0 radical (unpaired) electrons. The highest BCUT2D eigenvalue weighted by molar-refractivity contribution is 7.86. The van der Waals surface area contributed by atoms with E-state index in [2.05, 4.69) is 24.3 Å². The molecule has 2 saturated heterocycles. The molecule has 4 rings (SSSR count). The molecule has 1 aliphatic carbocycles. The molecule has 7 heteroatoms. The van der Waals surface area contributed by atoms with E-state index >= 15 is 0 Å². The second kappa shape index (κ2) is 7.76. The van der Waals surface area contributed by atoms with E-state index in [1.807, 2.05) is 4.90 Å². The van der Waals surface area contributed by atoms with Gasteiger partial charge in [0.15, 0.2) is 0 Å². The Hall–Kier alpha value is -1.44. The summed E-state index contributed by atoms with van der Waals surface area (Å²) in [6.45, 7) is 2.15. The number of hydrogen-bond acceptors (Lipinski definition) is 5. The predicted molar refractivity (Wildman–Crippen MR) is 107 cm³/mol. The average molecular weight is 408 g/mol. The predicted octanol–water partition coefficient (Wildman–Crippen LogP) is 3.22. The van der Waals surface area contributed by atoms with Crippen molar-refractivity contribution in [1.82, 2.24) is 0 Å². The van der Waals surface area contributed by atoms with E-state index in [-0.39, 0.29) is 17.4 Å². The normalized spacial score (nSPS) is 28.0. The number of hydrogen-bond donors (Lipinski definition) is 0. The molecule has 1 saturated carbocycles. The Kier molecular flexibility index (Phi) is 5.51. The molecular weight excluding hydrogens is 378 g/mol. The summed E-state index contributed by atoms with van der Waals surface area (Å²) in [7, 11) is -3.38. The second-order valence-electron chi connectivity index (χ2n) is 8.47. The standard InChI is InChI=1S/C21H29NO5S/c1-28(24,25)27-19-8-4-17(5-9-19)16-2-6-18(7-3-16)22-13-10-21(20(22)23)11-14-26-15-12-21/h2-3,6-7,17,19H,4-5,8-15H2,1H3/t17-,19+. The van der Waals surface area contributed by atoms with Gasteiger partial charge in [-0.25, -0.2) is 0 Å². The molecule has 3 fully saturated rings. The van der Waals surface area contributed by atoms with Gasteiger partial charge < -0.3 is 9.64 Å². The number of benzene rings is 1. The van der Waals surface area contributed by atoms with E-state index in [0.29, 0.717) is 19.1 Å². The Morgan fingerprint density at radius 2 is 1.68 bits per heavy atom. The van der Waals surface area contributed by atoms with Gasteiger partial charge >= 0.3 is 0 Å². The molecule has 6 nitrogen and oxygen atoms in total. The zero-order valence-electron chi connectivity index (χ0n) is 16.4. The van der Waals surface area contributed by atoms with Crippen LogP contribution >= 0.6 is 0 Å². The minimum absolute atomic E-state index is 0.191. The molecular formula is C21H29NO5S. The van der Waals surface area contributed by atoms with Crippen LogP contribution in [-0.4, -0.2) is 46.4 Å². The number of anilines is 1. The van der Waals surface area contributed by atoms with Gasteiger partial charge in [-0.3, -0.25) is 8.98 Å². The molecule has 0 N–H and O–H groups in total. The Labute approximate surface area is 167 Å². The summed E-state index contributed by atoms with van der Waals surface area (Å²) >= 11 is 0. The summed E-state index contributed by atoms with van der Waals surface area (Å²) in [5, 5.41) is 0. The Bertz CT molecular complexity index is 806. The van der Waals surface area contributed by atoms with Crippen LogP contribution in [0.4, 0.5) is 5.69 Å². The van der Waals surface area contributed by atoms with E-state index in [1.165, 1.54) is 5.56 Å². The minimum Gasteiger partial charge on any atom is -0.381 e. The lowest BCUT2D eigenvalue weighted by Crippen LogP contribution is -2.38. The number of amides is 1. The van der Waals surface area contributed by atoms with Gasteiger partial charge in [0, 0.05) is 25.4 Å². The zero-order chi connectivity index (χ0) is 19.8. The van der Waals surface area contributed by atoms with E-state index in [9.17, 15) is 13.2 Å². The highest BCUT2D eigenvalue weighted by Crippen LogP contribution is 2.43. The molecule has 1 spiro atoms. The van der Waals surface area contributed by atoms with Crippen LogP contribution in [0.25, 0.3) is 0 Å². The lowest BCUT2D eigenvalue weighted by molar-refractivity contribution is -0.130. The van der Waals surface area contributed by atoms with Crippen molar-refractivity contribution in [2.24, 2.45) is 5.41 Å². The van der Waals surface area contributed by atoms with Gasteiger partial charge in [-0.05, 0) is 68.6 Å². The first-order chi connectivity index (χ1) is 13.4. The van der Waals surface area contributed by atoms with Gasteiger partial charge in [-0.1, -0.05) is 12.1 Å². The van der Waals surface area contributed by atoms with Crippen molar-refractivity contribution in [2.75, 3.05) is 30.9 Å². The van der Waals surface area contributed by atoms with E-state index in [0.717, 1.165) is 63.4 Å². The third-order valence-electron chi connectivity index (χ3n) is 6.62. The highest BCUT2D eigenvalue weighted by Gasteiger charge is 2.47. The molecule has 1 aromatic carbocycles. The zero-order valence-corrected chi connectivity index (χ0v) is 17.2. The van der Waals surface area contributed by atoms with Crippen LogP contribution in [0.3, 0.4) is 0 Å². The van der Waals surface area contributed by atoms with Crippen molar-refractivity contribution in [3.63, 3.8) is 0 Å². The fraction of sp³-hybridized carbons (Fsp3) is 0.667. The molecule has 0 atom stereocenters. The lowest BCUT2D eigenvalue weighted by atomic mass is 9.79. The van der Waals surface area contributed by atoms with Crippen molar-refractivity contribution in [1.29, 1.82) is 0 Å². The number of ether oxygens (including phenoxy) is 1. The summed E-state index contributed by atoms with van der Waals surface area (Å²) in [5.74, 6) is 0.673. The fourth-order valence-electron chi connectivity index (χ4n) is 4.96.